The van der Waals surface area contributed by atoms with E-state index in [0.717, 1.165) is 36.2 Å². The molecule has 1 amide bonds. The van der Waals surface area contributed by atoms with E-state index in [0.29, 0.717) is 0 Å². The summed E-state index contributed by atoms with van der Waals surface area (Å²) in [5, 5.41) is 10.8. The molecule has 1 saturated heterocycles. The number of hydrogen-bond acceptors (Lipinski definition) is 5. The molecule has 0 unspecified atom stereocenters. The number of aromatic nitrogens is 6. The molecule has 3 aromatic rings. The van der Waals surface area contributed by atoms with E-state index >= 15 is 0 Å². The van der Waals surface area contributed by atoms with Crippen LogP contribution in [0.2, 0.25) is 0 Å². The molecule has 112 valence electrons. The zero-order valence-electron chi connectivity index (χ0n) is 11.9. The van der Waals surface area contributed by atoms with Crippen molar-refractivity contribution < 1.29 is 4.79 Å². The first kappa shape index (κ1) is 12.9. The smallest absolute Gasteiger partial charge is 0.245 e. The van der Waals surface area contributed by atoms with Crippen LogP contribution in [0.5, 0.6) is 0 Å². The number of carbonyl (C=O) groups excluding carboxylic acids is 1. The molecule has 1 atom stereocenters. The summed E-state index contributed by atoms with van der Waals surface area (Å²) in [6.07, 6.45) is 3.34. The van der Waals surface area contributed by atoms with E-state index in [1.807, 2.05) is 29.2 Å². The maximum absolute atomic E-state index is 12.5. The first-order valence-electron chi connectivity index (χ1n) is 7.26. The molecule has 0 saturated carbocycles. The fourth-order valence-electron chi connectivity index (χ4n) is 2.96. The van der Waals surface area contributed by atoms with Crippen molar-refractivity contribution >= 4 is 16.9 Å². The van der Waals surface area contributed by atoms with Crippen molar-refractivity contribution in [3.05, 3.63) is 36.4 Å². The van der Waals surface area contributed by atoms with E-state index in [-0.39, 0.29) is 18.5 Å². The van der Waals surface area contributed by atoms with Crippen LogP contribution >= 0.6 is 0 Å². The van der Waals surface area contributed by atoms with Crippen LogP contribution in [0.25, 0.3) is 11.0 Å². The van der Waals surface area contributed by atoms with E-state index in [1.165, 1.54) is 11.0 Å². The molecule has 3 heterocycles. The SMILES string of the molecule is O=C(Cn1cnnn1)N1CCC[C@H]1c1nc2ccccc2[nH]1. The lowest BCUT2D eigenvalue weighted by Crippen LogP contribution is -2.34. The first-order valence-corrected chi connectivity index (χ1v) is 7.26. The van der Waals surface area contributed by atoms with Crippen molar-refractivity contribution in [3.63, 3.8) is 0 Å². The predicted molar refractivity (Wildman–Crippen MR) is 77.6 cm³/mol. The Hall–Kier alpha value is -2.77. The zero-order valence-corrected chi connectivity index (χ0v) is 11.9. The van der Waals surface area contributed by atoms with Crippen LogP contribution in [-0.4, -0.2) is 47.5 Å². The monoisotopic (exact) mass is 297 g/mol. The highest BCUT2D eigenvalue weighted by Gasteiger charge is 2.32. The van der Waals surface area contributed by atoms with E-state index in [2.05, 4.69) is 25.5 Å². The summed E-state index contributed by atoms with van der Waals surface area (Å²) in [6.45, 7) is 0.895. The fourth-order valence-corrected chi connectivity index (χ4v) is 2.96. The molecule has 0 radical (unpaired) electrons. The maximum atomic E-state index is 12.5. The van der Waals surface area contributed by atoms with Crippen molar-refractivity contribution in [1.29, 1.82) is 0 Å². The number of benzene rings is 1. The van der Waals surface area contributed by atoms with E-state index < -0.39 is 0 Å². The number of amides is 1. The highest BCUT2D eigenvalue weighted by molar-refractivity contribution is 5.77. The molecule has 1 aliphatic heterocycles. The van der Waals surface area contributed by atoms with Crippen LogP contribution in [0.3, 0.4) is 0 Å². The summed E-state index contributed by atoms with van der Waals surface area (Å²) in [6, 6.07) is 7.89. The van der Waals surface area contributed by atoms with Gasteiger partial charge in [-0.2, -0.15) is 0 Å². The van der Waals surface area contributed by atoms with E-state index in [4.69, 9.17) is 0 Å². The molecule has 0 aliphatic carbocycles. The minimum absolute atomic E-state index is 0.00335. The molecule has 1 aromatic carbocycles. The highest BCUT2D eigenvalue weighted by atomic mass is 16.2. The number of tetrazole rings is 1. The lowest BCUT2D eigenvalue weighted by Gasteiger charge is -2.22. The number of para-hydroxylation sites is 2. The van der Waals surface area contributed by atoms with Gasteiger partial charge in [0.05, 0.1) is 17.1 Å². The summed E-state index contributed by atoms with van der Waals surface area (Å²) in [5.74, 6) is 0.860. The average Bonchev–Trinajstić information content (AvgIpc) is 3.26. The van der Waals surface area contributed by atoms with Gasteiger partial charge in [-0.05, 0) is 35.4 Å². The number of imidazole rings is 1. The van der Waals surface area contributed by atoms with Gasteiger partial charge in [-0.15, -0.1) is 5.10 Å². The molecular formula is C14H15N7O. The summed E-state index contributed by atoms with van der Waals surface area (Å²) in [5.41, 5.74) is 1.93. The number of likely N-dealkylation sites (tertiary alicyclic amines) is 1. The first-order chi connectivity index (χ1) is 10.8. The molecule has 8 heteroatoms. The Kier molecular flexibility index (Phi) is 3.06. The molecule has 1 aliphatic rings. The van der Waals surface area contributed by atoms with Crippen LogP contribution in [-0.2, 0) is 11.3 Å². The molecule has 4 rings (SSSR count). The van der Waals surface area contributed by atoms with Crippen molar-refractivity contribution in [3.8, 4) is 0 Å². The Morgan fingerprint density at radius 1 is 1.36 bits per heavy atom. The standard InChI is InChI=1S/C14H15N7O/c22-13(8-20-9-15-18-19-20)21-7-3-6-12(21)14-16-10-4-1-2-5-11(10)17-14/h1-2,4-5,9,12H,3,6-8H2,(H,16,17)/t12-/m0/s1. The molecule has 1 fully saturated rings. The summed E-state index contributed by atoms with van der Waals surface area (Å²) >= 11 is 0. The van der Waals surface area contributed by atoms with Gasteiger partial charge in [0.15, 0.2) is 0 Å². The van der Waals surface area contributed by atoms with Gasteiger partial charge in [-0.25, -0.2) is 9.67 Å². The van der Waals surface area contributed by atoms with Crippen LogP contribution < -0.4 is 0 Å². The molecule has 22 heavy (non-hydrogen) atoms. The number of carbonyl (C=O) groups is 1. The van der Waals surface area contributed by atoms with Gasteiger partial charge >= 0.3 is 0 Å². The molecule has 0 spiro atoms. The molecule has 1 N–H and O–H groups in total. The topological polar surface area (TPSA) is 92.6 Å². The van der Waals surface area contributed by atoms with Gasteiger partial charge in [0.1, 0.15) is 18.7 Å². The number of fused-ring (bicyclic) bond motifs is 1. The Labute approximate surface area is 126 Å². The van der Waals surface area contributed by atoms with Crippen LogP contribution in [0.4, 0.5) is 0 Å². The van der Waals surface area contributed by atoms with Crippen LogP contribution in [0.1, 0.15) is 24.7 Å². The van der Waals surface area contributed by atoms with E-state index in [9.17, 15) is 4.79 Å². The van der Waals surface area contributed by atoms with Gasteiger partial charge < -0.3 is 9.88 Å². The Balaban J connectivity index is 1.58. The fraction of sp³-hybridized carbons (Fsp3) is 0.357. The zero-order chi connectivity index (χ0) is 14.9. The predicted octanol–water partition coefficient (Wildman–Crippen LogP) is 0.913. The van der Waals surface area contributed by atoms with Gasteiger partial charge in [0.2, 0.25) is 5.91 Å². The Bertz CT molecular complexity index is 761. The third-order valence-electron chi connectivity index (χ3n) is 3.99. The van der Waals surface area contributed by atoms with Crippen molar-refractivity contribution in [2.75, 3.05) is 6.54 Å². The number of H-pyrrole nitrogens is 1. The van der Waals surface area contributed by atoms with Crippen LogP contribution in [0.15, 0.2) is 30.6 Å². The normalized spacial score (nSPS) is 18.2. The van der Waals surface area contributed by atoms with Gasteiger partial charge in [0, 0.05) is 6.54 Å². The third-order valence-corrected chi connectivity index (χ3v) is 3.99. The number of nitrogens with one attached hydrogen (secondary N) is 1. The van der Waals surface area contributed by atoms with Crippen molar-refractivity contribution in [1.82, 2.24) is 35.1 Å². The second kappa shape index (κ2) is 5.21. The summed E-state index contributed by atoms with van der Waals surface area (Å²) < 4.78 is 1.44. The number of aromatic amines is 1. The van der Waals surface area contributed by atoms with E-state index in [1.54, 1.807) is 0 Å². The molecular weight excluding hydrogens is 282 g/mol. The Morgan fingerprint density at radius 3 is 3.09 bits per heavy atom. The second-order valence-corrected chi connectivity index (χ2v) is 5.39. The maximum Gasteiger partial charge on any atom is 0.245 e. The second-order valence-electron chi connectivity index (χ2n) is 5.39. The molecule has 0 bridgehead atoms. The lowest BCUT2D eigenvalue weighted by molar-refractivity contribution is -0.133. The minimum atomic E-state index is -0.00335. The number of hydrogen-bond donors (Lipinski definition) is 1. The third kappa shape index (κ3) is 2.22. The quantitative estimate of drug-likeness (QED) is 0.775. The minimum Gasteiger partial charge on any atom is -0.340 e. The summed E-state index contributed by atoms with van der Waals surface area (Å²) in [7, 11) is 0. The number of nitrogens with zero attached hydrogens (tertiary/aromatic N) is 6. The van der Waals surface area contributed by atoms with Gasteiger partial charge in [-0.3, -0.25) is 4.79 Å². The molecule has 2 aromatic heterocycles. The van der Waals surface area contributed by atoms with Crippen LogP contribution in [0, 0.1) is 0 Å². The lowest BCUT2D eigenvalue weighted by atomic mass is 10.2. The number of rotatable bonds is 3. The molecule has 8 nitrogen and oxygen atoms in total. The largest absolute Gasteiger partial charge is 0.340 e. The van der Waals surface area contributed by atoms with Crippen molar-refractivity contribution in [2.45, 2.75) is 25.4 Å². The Morgan fingerprint density at radius 2 is 2.27 bits per heavy atom. The van der Waals surface area contributed by atoms with Crippen molar-refractivity contribution in [2.24, 2.45) is 0 Å². The summed E-state index contributed by atoms with van der Waals surface area (Å²) in [4.78, 5) is 22.3. The van der Waals surface area contributed by atoms with Gasteiger partial charge in [0.25, 0.3) is 0 Å². The average molecular weight is 297 g/mol. The van der Waals surface area contributed by atoms with Gasteiger partial charge in [-0.1, -0.05) is 12.1 Å². The highest BCUT2D eigenvalue weighted by Crippen LogP contribution is 2.31.